The first kappa shape index (κ1) is 26.2. The van der Waals surface area contributed by atoms with Crippen LogP contribution in [-0.2, 0) is 10.8 Å². The molecule has 9 unspecified atom stereocenters. The van der Waals surface area contributed by atoms with Crippen LogP contribution in [0.4, 0.5) is 0 Å². The van der Waals surface area contributed by atoms with Crippen molar-refractivity contribution in [1.82, 2.24) is 21.3 Å². The van der Waals surface area contributed by atoms with E-state index in [0.717, 1.165) is 69.0 Å². The molecule has 4 saturated carbocycles. The maximum atomic E-state index is 4.32. The summed E-state index contributed by atoms with van der Waals surface area (Å²) in [5.41, 5.74) is 3.00. The molecule has 1 spiro atoms. The van der Waals surface area contributed by atoms with E-state index in [1.165, 1.54) is 42.0 Å². The molecule has 256 valence electrons. The van der Waals surface area contributed by atoms with Crippen molar-refractivity contribution >= 4 is 17.2 Å². The zero-order valence-corrected chi connectivity index (χ0v) is 32.0. The summed E-state index contributed by atoms with van der Waals surface area (Å²) in [4.78, 5) is 8.75. The summed E-state index contributed by atoms with van der Waals surface area (Å²) >= 11 is 0. The third kappa shape index (κ3) is 0.820. The van der Waals surface area contributed by atoms with E-state index in [4.69, 9.17) is 0 Å². The Hall–Kier alpha value is 0.439. The van der Waals surface area contributed by atoms with Crippen molar-refractivity contribution in [3.8, 4) is 0 Å². The van der Waals surface area contributed by atoms with E-state index in [9.17, 15) is 0 Å². The Bertz CT molecular complexity index is 2050. The van der Waals surface area contributed by atoms with Gasteiger partial charge >= 0.3 is 278 Å². The molecule has 1 aromatic rings. The minimum atomic E-state index is -4.25. The Morgan fingerprint density at radius 2 is 1.32 bits per heavy atom. The van der Waals surface area contributed by atoms with Gasteiger partial charge in [0.25, 0.3) is 0 Å². The van der Waals surface area contributed by atoms with Crippen molar-refractivity contribution in [3.05, 3.63) is 35.9 Å². The fourth-order valence-corrected chi connectivity index (χ4v) is 119. The van der Waals surface area contributed by atoms with Crippen LogP contribution >= 0.6 is 17.2 Å². The predicted octanol–water partition coefficient (Wildman–Crippen LogP) is 7.06. The molecule has 7 heteroatoms. The van der Waals surface area contributed by atoms with Crippen LogP contribution < -0.4 is 21.3 Å². The molecule has 9 atom stereocenters. The number of fused-ring (bicyclic) bond motifs is 10. The first-order valence-corrected chi connectivity index (χ1v) is 28.5. The van der Waals surface area contributed by atoms with Crippen molar-refractivity contribution in [1.29, 1.82) is 0 Å². The second-order valence-corrected chi connectivity index (χ2v) is 50.6. The van der Waals surface area contributed by atoms with Gasteiger partial charge in [0, 0.05) is 0 Å². The molecular formula is C40H58FeN4P2. The Labute approximate surface area is 276 Å². The van der Waals surface area contributed by atoms with Crippen LogP contribution in [0.15, 0.2) is 30.3 Å². The van der Waals surface area contributed by atoms with Crippen LogP contribution in [0.3, 0.4) is 0 Å². The minimum absolute atomic E-state index is 0.00915. The van der Waals surface area contributed by atoms with Gasteiger partial charge in [-0.3, -0.25) is 0 Å². The van der Waals surface area contributed by atoms with Crippen LogP contribution in [0.1, 0.15) is 58.4 Å². The van der Waals surface area contributed by atoms with E-state index >= 15 is 0 Å². The molecular weight excluding hydrogens is 654 g/mol. The third-order valence-corrected chi connectivity index (χ3v) is 76.1. The van der Waals surface area contributed by atoms with Crippen LogP contribution in [0.25, 0.3) is 0 Å². The first-order valence-electron chi connectivity index (χ1n) is 20.2. The summed E-state index contributed by atoms with van der Waals surface area (Å²) < 4.78 is 2.21. The SMILES string of the molecule is CC(C)(C)P(C[C]12[CH]3[C]4(c5ccccc5)[CH]5[C]1(C(P)(C1CNCCN1)C1CNCCN1)[Fe]35421678[CH]2[CH]1[CH]6[CH]7[CH]28)C1C2CC3CC(C2)CC1C3. The van der Waals surface area contributed by atoms with Crippen LogP contribution in [0, 0.1) is 23.7 Å². The number of rotatable bonds is 7. The fraction of sp³-hybridized carbons (Fsp3) is 0.850. The molecule has 17 rings (SSSR count). The molecule has 16 fully saturated rings. The molecule has 12 aliphatic heterocycles. The van der Waals surface area contributed by atoms with Crippen molar-refractivity contribution in [2.24, 2.45) is 23.7 Å². The van der Waals surface area contributed by atoms with Crippen LogP contribution in [0.2, 0.25) is 42.3 Å². The number of hydrogen-bond acceptors (Lipinski definition) is 4. The van der Waals surface area contributed by atoms with Crippen molar-refractivity contribution in [2.75, 3.05) is 45.4 Å². The Morgan fingerprint density at radius 1 is 0.766 bits per heavy atom. The molecule has 12 saturated heterocycles. The zero-order valence-electron chi connectivity index (χ0n) is 28.8. The molecule has 12 heterocycles. The van der Waals surface area contributed by atoms with E-state index in [2.05, 4.69) is 81.6 Å². The number of nitrogens with one attached hydrogen (secondary N) is 4. The van der Waals surface area contributed by atoms with E-state index in [1.54, 1.807) is 38.3 Å². The summed E-state index contributed by atoms with van der Waals surface area (Å²) in [7, 11) is 3.93. The van der Waals surface area contributed by atoms with E-state index in [1.807, 2.05) is 5.56 Å². The van der Waals surface area contributed by atoms with Crippen LogP contribution in [0.5, 0.6) is 0 Å². The summed E-state index contributed by atoms with van der Waals surface area (Å²) in [6.45, 7) is 11.0. The zero-order chi connectivity index (χ0) is 30.9. The average molecular weight is 713 g/mol. The second kappa shape index (κ2) is 4.60. The Morgan fingerprint density at radius 3 is 1.79 bits per heavy atom. The molecule has 4 aliphatic carbocycles. The summed E-state index contributed by atoms with van der Waals surface area (Å²) in [6.07, 6.45) is 9.80. The van der Waals surface area contributed by atoms with E-state index < -0.39 is 6.51 Å². The number of piperazine rings is 2. The monoisotopic (exact) mass is 712 g/mol. The third-order valence-electron chi connectivity index (χ3n) is 26.2. The number of benzene rings is 1. The van der Waals surface area contributed by atoms with E-state index in [-0.39, 0.29) is 13.1 Å². The summed E-state index contributed by atoms with van der Waals surface area (Å²) in [5.74, 6) is 4.35. The summed E-state index contributed by atoms with van der Waals surface area (Å²) in [5, 5.41) is 17.4. The standard InChI is InChI=1S/C35H53N4P2.C5H5.Fe/c1-34(2,3)41(33-27-14-23-13-24(16-27)17-28(33)15-23)22-29-18-26(25-7-5-4-6-8-25)19-30(29)35(40,31-20-36-9-11-38-31)32-21-37-10-12-39-32;1-2-4-5-3-1;/h4-8,18-19,23-24,27-28,31-33,36-39H,9-17,20-22,40H2,1-3H3;1-5H;. The van der Waals surface area contributed by atoms with Gasteiger partial charge in [0.1, 0.15) is 0 Å². The topological polar surface area (TPSA) is 48.1 Å². The van der Waals surface area contributed by atoms with Gasteiger partial charge in [-0.15, -0.1) is 0 Å². The Balaban J connectivity index is 0.971. The van der Waals surface area contributed by atoms with Gasteiger partial charge in [-0.05, 0) is 0 Å². The van der Waals surface area contributed by atoms with Gasteiger partial charge in [0.2, 0.25) is 0 Å². The predicted molar refractivity (Wildman–Crippen MR) is 194 cm³/mol. The maximum absolute atomic E-state index is 4.32. The molecule has 4 bridgehead atoms. The summed E-state index contributed by atoms with van der Waals surface area (Å²) in [6, 6.07) is 13.8. The van der Waals surface area contributed by atoms with Crippen molar-refractivity contribution < 1.29 is 6.51 Å². The average Bonchev–Trinajstić information content (AvgIpc) is 4.03. The van der Waals surface area contributed by atoms with Crippen molar-refractivity contribution in [3.63, 3.8) is 0 Å². The molecule has 0 aromatic heterocycles. The normalized spacial score (nSPS) is 75.1. The van der Waals surface area contributed by atoms with E-state index in [0.29, 0.717) is 21.6 Å². The first-order chi connectivity index (χ1) is 22.5. The fourth-order valence-electron chi connectivity index (χ4n) is 28.7. The second-order valence-electron chi connectivity index (χ2n) is 23.4. The Kier molecular flexibility index (Phi) is 2.57. The number of hydrogen-bond donors (Lipinski definition) is 4. The molecule has 16 aliphatic rings. The van der Waals surface area contributed by atoms with Gasteiger partial charge in [0.05, 0.1) is 0 Å². The quantitative estimate of drug-likeness (QED) is 0.181. The molecule has 0 amide bonds. The van der Waals surface area contributed by atoms with Gasteiger partial charge in [-0.2, -0.15) is 0 Å². The van der Waals surface area contributed by atoms with Gasteiger partial charge in [0.15, 0.2) is 0 Å². The van der Waals surface area contributed by atoms with Crippen molar-refractivity contribution in [2.45, 2.75) is 128 Å². The molecule has 4 nitrogen and oxygen atoms in total. The molecule has 0 radical (unpaired) electrons. The molecule has 4 N–H and O–H groups in total. The van der Waals surface area contributed by atoms with Gasteiger partial charge in [-0.1, -0.05) is 0 Å². The molecule has 1 aromatic carbocycles. The molecule has 47 heavy (non-hydrogen) atoms. The van der Waals surface area contributed by atoms with Gasteiger partial charge < -0.3 is 0 Å². The van der Waals surface area contributed by atoms with Crippen LogP contribution in [-0.4, -0.2) is 73.5 Å². The van der Waals surface area contributed by atoms with Gasteiger partial charge in [-0.25, -0.2) is 0 Å².